The van der Waals surface area contributed by atoms with Crippen LogP contribution in [0.2, 0.25) is 0 Å². The molecule has 0 fully saturated rings. The van der Waals surface area contributed by atoms with Gasteiger partial charge in [-0.2, -0.15) is 0 Å². The Morgan fingerprint density at radius 1 is 1.44 bits per heavy atom. The number of esters is 1. The average Bonchev–Trinajstić information content (AvgIpc) is 2.18. The summed E-state index contributed by atoms with van der Waals surface area (Å²) in [5.74, 6) is -0.880. The summed E-state index contributed by atoms with van der Waals surface area (Å²) in [5.41, 5.74) is 0.0804. The third kappa shape index (κ3) is 3.13. The van der Waals surface area contributed by atoms with Crippen LogP contribution >= 0.6 is 0 Å². The lowest BCUT2D eigenvalue weighted by Crippen LogP contribution is -2.10. The Morgan fingerprint density at radius 3 is 2.56 bits per heavy atom. The minimum atomic E-state index is -3.51. The quantitative estimate of drug-likeness (QED) is 0.599. The third-order valence-corrected chi connectivity index (χ3v) is 2.30. The van der Waals surface area contributed by atoms with Crippen molar-refractivity contribution in [3.05, 3.63) is 23.8 Å². The summed E-state index contributed by atoms with van der Waals surface area (Å²) in [6.07, 6.45) is 0.942. The van der Waals surface area contributed by atoms with Gasteiger partial charge in [0.1, 0.15) is 5.75 Å². The van der Waals surface area contributed by atoms with Crippen molar-refractivity contribution in [2.75, 3.05) is 18.1 Å². The summed E-state index contributed by atoms with van der Waals surface area (Å²) in [6, 6.07) is 3.73. The summed E-state index contributed by atoms with van der Waals surface area (Å²) in [7, 11) is -2.30. The predicted molar refractivity (Wildman–Crippen MR) is 57.9 cm³/mol. The molecule has 7 heteroatoms. The number of aromatic hydroxyl groups is 1. The minimum absolute atomic E-state index is 0.0644. The molecule has 0 spiro atoms. The number of sulfonamides is 1. The van der Waals surface area contributed by atoms with Crippen molar-refractivity contribution in [2.24, 2.45) is 0 Å². The van der Waals surface area contributed by atoms with E-state index in [9.17, 15) is 18.3 Å². The Balaban J connectivity index is 3.14. The van der Waals surface area contributed by atoms with E-state index in [1.807, 2.05) is 0 Å². The van der Waals surface area contributed by atoms with E-state index in [-0.39, 0.29) is 17.0 Å². The van der Waals surface area contributed by atoms with Crippen LogP contribution in [0, 0.1) is 0 Å². The number of benzene rings is 1. The number of carbonyl (C=O) groups excluding carboxylic acids is 1. The van der Waals surface area contributed by atoms with Gasteiger partial charge in [0.25, 0.3) is 0 Å². The number of phenols is 1. The first-order chi connectivity index (χ1) is 7.33. The van der Waals surface area contributed by atoms with Gasteiger partial charge in [0.2, 0.25) is 10.0 Å². The molecule has 2 N–H and O–H groups in total. The van der Waals surface area contributed by atoms with E-state index in [2.05, 4.69) is 9.46 Å². The summed E-state index contributed by atoms with van der Waals surface area (Å²) < 4.78 is 28.5. The second kappa shape index (κ2) is 4.40. The fraction of sp³-hybridized carbons (Fsp3) is 0.222. The molecule has 0 aliphatic carbocycles. The van der Waals surface area contributed by atoms with Crippen molar-refractivity contribution < 1.29 is 23.1 Å². The molecule has 1 aromatic rings. The number of hydrogen-bond acceptors (Lipinski definition) is 5. The second-order valence-corrected chi connectivity index (χ2v) is 4.85. The first-order valence-corrected chi connectivity index (χ1v) is 6.12. The molecule has 16 heavy (non-hydrogen) atoms. The van der Waals surface area contributed by atoms with Crippen LogP contribution in [0.3, 0.4) is 0 Å². The van der Waals surface area contributed by atoms with Crippen LogP contribution in [0.1, 0.15) is 10.4 Å². The molecule has 0 heterocycles. The summed E-state index contributed by atoms with van der Waals surface area (Å²) in [5, 5.41) is 9.37. The van der Waals surface area contributed by atoms with E-state index in [0.29, 0.717) is 0 Å². The Bertz CT molecular complexity index is 509. The predicted octanol–water partition coefficient (Wildman–Crippen LogP) is 0.550. The molecule has 0 aliphatic heterocycles. The van der Waals surface area contributed by atoms with Crippen molar-refractivity contribution in [1.29, 1.82) is 0 Å². The standard InChI is InChI=1S/C9H11NO5S/c1-15-9(12)6-3-4-8(11)7(5-6)10-16(2,13)14/h3-5,10-11H,1-2H3. The van der Waals surface area contributed by atoms with E-state index in [4.69, 9.17) is 0 Å². The minimum Gasteiger partial charge on any atom is -0.506 e. The lowest BCUT2D eigenvalue weighted by molar-refractivity contribution is 0.0601. The molecule has 0 amide bonds. The largest absolute Gasteiger partial charge is 0.506 e. The summed E-state index contributed by atoms with van der Waals surface area (Å²) in [4.78, 5) is 11.2. The smallest absolute Gasteiger partial charge is 0.337 e. The molecule has 0 aromatic heterocycles. The topological polar surface area (TPSA) is 92.7 Å². The number of ether oxygens (including phenoxy) is 1. The van der Waals surface area contributed by atoms with Gasteiger partial charge in [0.05, 0.1) is 24.6 Å². The molecule has 88 valence electrons. The van der Waals surface area contributed by atoms with Crippen molar-refractivity contribution >= 4 is 21.7 Å². The van der Waals surface area contributed by atoms with Crippen molar-refractivity contribution in [1.82, 2.24) is 0 Å². The highest BCUT2D eigenvalue weighted by atomic mass is 32.2. The SMILES string of the molecule is COC(=O)c1ccc(O)c(NS(C)(=O)=O)c1. The monoisotopic (exact) mass is 245 g/mol. The molecule has 0 aliphatic rings. The van der Waals surface area contributed by atoms with Gasteiger partial charge in [0, 0.05) is 0 Å². The number of phenolic OH excluding ortho intramolecular Hbond substituents is 1. The Kier molecular flexibility index (Phi) is 3.38. The molecular formula is C9H11NO5S. The van der Waals surface area contributed by atoms with Crippen molar-refractivity contribution in [2.45, 2.75) is 0 Å². The van der Waals surface area contributed by atoms with Gasteiger partial charge >= 0.3 is 5.97 Å². The van der Waals surface area contributed by atoms with Gasteiger partial charge in [-0.1, -0.05) is 0 Å². The van der Waals surface area contributed by atoms with Crippen molar-refractivity contribution in [3.8, 4) is 5.75 Å². The van der Waals surface area contributed by atoms with E-state index >= 15 is 0 Å². The van der Waals surface area contributed by atoms with E-state index in [0.717, 1.165) is 6.26 Å². The molecule has 0 saturated carbocycles. The van der Waals surface area contributed by atoms with Crippen LogP contribution in [0.4, 0.5) is 5.69 Å². The molecule has 0 bridgehead atoms. The number of anilines is 1. The van der Waals surface area contributed by atoms with Gasteiger partial charge < -0.3 is 9.84 Å². The van der Waals surface area contributed by atoms with Crippen LogP contribution in [0.15, 0.2) is 18.2 Å². The highest BCUT2D eigenvalue weighted by Gasteiger charge is 2.11. The third-order valence-electron chi connectivity index (χ3n) is 1.71. The van der Waals surface area contributed by atoms with Crippen LogP contribution in [0.25, 0.3) is 0 Å². The molecule has 0 radical (unpaired) electrons. The number of hydrogen-bond donors (Lipinski definition) is 2. The van der Waals surface area contributed by atoms with Gasteiger partial charge in [-0.05, 0) is 18.2 Å². The fourth-order valence-electron chi connectivity index (χ4n) is 1.06. The summed E-state index contributed by atoms with van der Waals surface area (Å²) in [6.45, 7) is 0. The first-order valence-electron chi connectivity index (χ1n) is 4.22. The Hall–Kier alpha value is -1.76. The Morgan fingerprint density at radius 2 is 2.06 bits per heavy atom. The molecule has 0 saturated heterocycles. The lowest BCUT2D eigenvalue weighted by atomic mass is 10.2. The molecule has 6 nitrogen and oxygen atoms in total. The van der Waals surface area contributed by atoms with Gasteiger partial charge in [-0.25, -0.2) is 13.2 Å². The molecule has 0 unspecified atom stereocenters. The van der Waals surface area contributed by atoms with E-state index in [1.165, 1.54) is 25.3 Å². The first kappa shape index (κ1) is 12.3. The maximum absolute atomic E-state index is 11.2. The maximum atomic E-state index is 11.2. The molecule has 1 rings (SSSR count). The fourth-order valence-corrected chi connectivity index (χ4v) is 1.63. The zero-order valence-corrected chi connectivity index (χ0v) is 9.54. The summed E-state index contributed by atoms with van der Waals surface area (Å²) >= 11 is 0. The van der Waals surface area contributed by atoms with Gasteiger partial charge in [0.15, 0.2) is 0 Å². The normalized spacial score (nSPS) is 10.9. The van der Waals surface area contributed by atoms with Crippen LogP contribution < -0.4 is 4.72 Å². The highest BCUT2D eigenvalue weighted by Crippen LogP contribution is 2.25. The molecule has 1 aromatic carbocycles. The van der Waals surface area contributed by atoms with E-state index < -0.39 is 16.0 Å². The zero-order valence-electron chi connectivity index (χ0n) is 8.72. The molecule has 0 atom stereocenters. The van der Waals surface area contributed by atoms with Crippen LogP contribution in [-0.2, 0) is 14.8 Å². The molecular weight excluding hydrogens is 234 g/mol. The number of rotatable bonds is 3. The van der Waals surface area contributed by atoms with Gasteiger partial charge in [-0.3, -0.25) is 4.72 Å². The highest BCUT2D eigenvalue weighted by molar-refractivity contribution is 7.92. The number of carbonyl (C=O) groups is 1. The maximum Gasteiger partial charge on any atom is 0.337 e. The second-order valence-electron chi connectivity index (χ2n) is 3.10. The average molecular weight is 245 g/mol. The van der Waals surface area contributed by atoms with E-state index in [1.54, 1.807) is 0 Å². The van der Waals surface area contributed by atoms with Gasteiger partial charge in [-0.15, -0.1) is 0 Å². The zero-order chi connectivity index (χ0) is 12.3. The Labute approximate surface area is 92.9 Å². The number of methoxy groups -OCH3 is 1. The lowest BCUT2D eigenvalue weighted by Gasteiger charge is -2.07. The number of nitrogens with one attached hydrogen (secondary N) is 1. The van der Waals surface area contributed by atoms with Crippen molar-refractivity contribution in [3.63, 3.8) is 0 Å². The van der Waals surface area contributed by atoms with Crippen LogP contribution in [-0.4, -0.2) is 32.9 Å². The van der Waals surface area contributed by atoms with Crippen LogP contribution in [0.5, 0.6) is 5.75 Å².